The minimum Gasteiger partial charge on any atom is -0.353 e. The summed E-state index contributed by atoms with van der Waals surface area (Å²) in [4.78, 5) is 28.1. The Morgan fingerprint density at radius 3 is 3.00 bits per heavy atom. The smallest absolute Gasteiger partial charge is 0.254 e. The van der Waals surface area contributed by atoms with E-state index in [1.807, 2.05) is 0 Å². The SMILES string of the molecule is O=C(NC1CCCC1)C1CSc2nccc(=O)n2C1. The highest BCUT2D eigenvalue weighted by Gasteiger charge is 2.28. The minimum atomic E-state index is -0.125. The Bertz CT molecular complexity index is 537. The number of nitrogens with zero attached hydrogens (tertiary/aromatic N) is 2. The summed E-state index contributed by atoms with van der Waals surface area (Å²) in [6, 6.07) is 1.78. The van der Waals surface area contributed by atoms with Gasteiger partial charge in [-0.1, -0.05) is 24.6 Å². The van der Waals surface area contributed by atoms with Gasteiger partial charge in [0.1, 0.15) is 0 Å². The average molecular weight is 279 g/mol. The highest BCUT2D eigenvalue weighted by Crippen LogP contribution is 2.25. The Hall–Kier alpha value is -1.30. The predicted octanol–water partition coefficient (Wildman–Crippen LogP) is 1.02. The maximum atomic E-state index is 12.2. The van der Waals surface area contributed by atoms with E-state index < -0.39 is 0 Å². The fraction of sp³-hybridized carbons (Fsp3) is 0.615. The van der Waals surface area contributed by atoms with Crippen molar-refractivity contribution in [1.82, 2.24) is 14.9 Å². The van der Waals surface area contributed by atoms with Crippen LogP contribution >= 0.6 is 11.8 Å². The van der Waals surface area contributed by atoms with Crippen LogP contribution in [0.15, 0.2) is 22.2 Å². The molecule has 1 saturated carbocycles. The lowest BCUT2D eigenvalue weighted by atomic mass is 10.1. The summed E-state index contributed by atoms with van der Waals surface area (Å²) >= 11 is 1.49. The van der Waals surface area contributed by atoms with Crippen molar-refractivity contribution in [2.24, 2.45) is 5.92 Å². The van der Waals surface area contributed by atoms with Gasteiger partial charge in [-0.25, -0.2) is 4.98 Å². The standard InChI is InChI=1S/C13H17N3O2S/c17-11-5-6-14-13-16(11)7-9(8-19-13)12(18)15-10-3-1-2-4-10/h5-6,9-10H,1-4,7-8H2,(H,15,18). The lowest BCUT2D eigenvalue weighted by molar-refractivity contribution is -0.125. The third-order valence-electron chi connectivity index (χ3n) is 3.79. The van der Waals surface area contributed by atoms with Crippen LogP contribution in [-0.2, 0) is 11.3 Å². The fourth-order valence-electron chi connectivity index (χ4n) is 2.70. The van der Waals surface area contributed by atoms with Crippen LogP contribution in [0.3, 0.4) is 0 Å². The van der Waals surface area contributed by atoms with E-state index in [1.54, 1.807) is 4.57 Å². The molecule has 1 fully saturated rings. The molecule has 0 spiro atoms. The molecule has 1 aliphatic heterocycles. The molecule has 1 atom stereocenters. The van der Waals surface area contributed by atoms with E-state index in [1.165, 1.54) is 36.9 Å². The molecule has 3 rings (SSSR count). The van der Waals surface area contributed by atoms with Crippen molar-refractivity contribution in [1.29, 1.82) is 0 Å². The molecule has 1 aromatic rings. The summed E-state index contributed by atoms with van der Waals surface area (Å²) in [5.41, 5.74) is -0.0733. The van der Waals surface area contributed by atoms with Crippen LogP contribution in [0.1, 0.15) is 25.7 Å². The molecule has 1 aromatic heterocycles. The van der Waals surface area contributed by atoms with E-state index in [0.717, 1.165) is 18.0 Å². The van der Waals surface area contributed by atoms with Gasteiger partial charge in [-0.3, -0.25) is 14.2 Å². The average Bonchev–Trinajstić information content (AvgIpc) is 2.92. The number of thioether (sulfide) groups is 1. The molecule has 0 radical (unpaired) electrons. The number of rotatable bonds is 2. The fourth-order valence-corrected chi connectivity index (χ4v) is 3.76. The van der Waals surface area contributed by atoms with Crippen molar-refractivity contribution in [2.75, 3.05) is 5.75 Å². The first-order valence-electron chi connectivity index (χ1n) is 6.73. The zero-order valence-corrected chi connectivity index (χ0v) is 11.5. The third kappa shape index (κ3) is 2.68. The van der Waals surface area contributed by atoms with Gasteiger partial charge < -0.3 is 5.32 Å². The lowest BCUT2D eigenvalue weighted by Gasteiger charge is -2.25. The second kappa shape index (κ2) is 5.36. The first-order valence-corrected chi connectivity index (χ1v) is 7.71. The molecule has 0 aromatic carbocycles. The molecule has 19 heavy (non-hydrogen) atoms. The lowest BCUT2D eigenvalue weighted by Crippen LogP contribution is -2.42. The van der Waals surface area contributed by atoms with Crippen molar-refractivity contribution in [3.05, 3.63) is 22.6 Å². The van der Waals surface area contributed by atoms with Crippen LogP contribution in [0, 0.1) is 5.92 Å². The second-order valence-corrected chi connectivity index (χ2v) is 6.16. The van der Waals surface area contributed by atoms with Crippen LogP contribution in [0.4, 0.5) is 0 Å². The normalized spacial score (nSPS) is 23.1. The van der Waals surface area contributed by atoms with Gasteiger partial charge in [-0.05, 0) is 12.8 Å². The number of carbonyl (C=O) groups excluding carboxylic acids is 1. The van der Waals surface area contributed by atoms with E-state index in [4.69, 9.17) is 0 Å². The largest absolute Gasteiger partial charge is 0.353 e. The monoisotopic (exact) mass is 279 g/mol. The van der Waals surface area contributed by atoms with Crippen LogP contribution in [0.5, 0.6) is 0 Å². The van der Waals surface area contributed by atoms with Crippen LogP contribution in [0.25, 0.3) is 0 Å². The van der Waals surface area contributed by atoms with Gasteiger partial charge in [-0.15, -0.1) is 0 Å². The molecular weight excluding hydrogens is 262 g/mol. The second-order valence-electron chi connectivity index (χ2n) is 5.17. The van der Waals surface area contributed by atoms with Gasteiger partial charge >= 0.3 is 0 Å². The van der Waals surface area contributed by atoms with Crippen molar-refractivity contribution in [3.63, 3.8) is 0 Å². The van der Waals surface area contributed by atoms with Crippen LogP contribution < -0.4 is 10.9 Å². The number of aromatic nitrogens is 2. The zero-order valence-electron chi connectivity index (χ0n) is 10.7. The van der Waals surface area contributed by atoms with E-state index in [2.05, 4.69) is 10.3 Å². The molecular formula is C13H17N3O2S. The van der Waals surface area contributed by atoms with Crippen LogP contribution in [-0.4, -0.2) is 27.3 Å². The summed E-state index contributed by atoms with van der Waals surface area (Å²) in [6.45, 7) is 0.452. The Morgan fingerprint density at radius 1 is 1.42 bits per heavy atom. The summed E-state index contributed by atoms with van der Waals surface area (Å²) in [5.74, 6) is 0.662. The molecule has 1 unspecified atom stereocenters. The Kier molecular flexibility index (Phi) is 3.59. The van der Waals surface area contributed by atoms with Crippen LogP contribution in [0.2, 0.25) is 0 Å². The minimum absolute atomic E-state index is 0.0733. The highest BCUT2D eigenvalue weighted by atomic mass is 32.2. The number of nitrogens with one attached hydrogen (secondary N) is 1. The van der Waals surface area contributed by atoms with Gasteiger partial charge in [0, 0.05) is 30.6 Å². The van der Waals surface area contributed by atoms with Gasteiger partial charge in [0.2, 0.25) is 5.91 Å². The van der Waals surface area contributed by atoms with E-state index in [0.29, 0.717) is 18.3 Å². The van der Waals surface area contributed by atoms with Gasteiger partial charge in [0.05, 0.1) is 5.92 Å². The van der Waals surface area contributed by atoms with E-state index in [-0.39, 0.29) is 17.4 Å². The first kappa shape index (κ1) is 12.7. The summed E-state index contributed by atoms with van der Waals surface area (Å²) in [5, 5.41) is 3.83. The quantitative estimate of drug-likeness (QED) is 0.821. The molecule has 2 aliphatic rings. The summed E-state index contributed by atoms with van der Waals surface area (Å²) in [7, 11) is 0. The summed E-state index contributed by atoms with van der Waals surface area (Å²) < 4.78 is 1.60. The van der Waals surface area contributed by atoms with Crippen molar-refractivity contribution in [2.45, 2.75) is 43.4 Å². The topological polar surface area (TPSA) is 64.0 Å². The molecule has 1 amide bonds. The molecule has 1 aliphatic carbocycles. The number of hydrogen-bond donors (Lipinski definition) is 1. The molecule has 6 heteroatoms. The maximum absolute atomic E-state index is 12.2. The van der Waals surface area contributed by atoms with Gasteiger partial charge in [0.15, 0.2) is 5.16 Å². The maximum Gasteiger partial charge on any atom is 0.254 e. The Morgan fingerprint density at radius 2 is 2.21 bits per heavy atom. The Balaban J connectivity index is 1.69. The molecule has 0 bridgehead atoms. The number of amides is 1. The number of hydrogen-bond acceptors (Lipinski definition) is 4. The van der Waals surface area contributed by atoms with Gasteiger partial charge in [-0.2, -0.15) is 0 Å². The highest BCUT2D eigenvalue weighted by molar-refractivity contribution is 7.99. The number of fused-ring (bicyclic) bond motifs is 1. The summed E-state index contributed by atoms with van der Waals surface area (Å²) in [6.07, 6.45) is 6.11. The molecule has 1 N–H and O–H groups in total. The molecule has 2 heterocycles. The third-order valence-corrected chi connectivity index (χ3v) is 4.94. The Labute approximate surface area is 115 Å². The first-order chi connectivity index (χ1) is 9.24. The zero-order chi connectivity index (χ0) is 13.2. The van der Waals surface area contributed by atoms with Crippen molar-refractivity contribution in [3.8, 4) is 0 Å². The molecule has 102 valence electrons. The predicted molar refractivity (Wildman–Crippen MR) is 73.1 cm³/mol. The van der Waals surface area contributed by atoms with E-state index in [9.17, 15) is 9.59 Å². The molecule has 0 saturated heterocycles. The van der Waals surface area contributed by atoms with E-state index >= 15 is 0 Å². The number of carbonyl (C=O) groups is 1. The molecule has 5 nitrogen and oxygen atoms in total. The van der Waals surface area contributed by atoms with Crippen molar-refractivity contribution < 1.29 is 4.79 Å². The van der Waals surface area contributed by atoms with Gasteiger partial charge in [0.25, 0.3) is 5.56 Å². The van der Waals surface area contributed by atoms with Crippen molar-refractivity contribution >= 4 is 17.7 Å².